The molecule has 110 valence electrons. The predicted molar refractivity (Wildman–Crippen MR) is 92.2 cm³/mol. The molecule has 0 aromatic heterocycles. The van der Waals surface area contributed by atoms with Crippen molar-refractivity contribution in [3.05, 3.63) is 64.2 Å². The minimum Gasteiger partial charge on any atom is -0.327 e. The number of hydrogen-bond donors (Lipinski definition) is 1. The quantitative estimate of drug-likeness (QED) is 0.910. The summed E-state index contributed by atoms with van der Waals surface area (Å²) in [5.41, 5.74) is 13.6. The first-order valence-electron chi connectivity index (χ1n) is 7.60. The highest BCUT2D eigenvalue weighted by atomic mass is 32.2. The van der Waals surface area contributed by atoms with Crippen molar-refractivity contribution in [3.63, 3.8) is 0 Å². The van der Waals surface area contributed by atoms with Crippen molar-refractivity contribution in [3.8, 4) is 0 Å². The maximum absolute atomic E-state index is 6.59. The fraction of sp³-hybridized carbons (Fsp3) is 0.368. The van der Waals surface area contributed by atoms with Crippen LogP contribution in [0, 0.1) is 20.8 Å². The van der Waals surface area contributed by atoms with Crippen molar-refractivity contribution in [1.29, 1.82) is 0 Å². The molecule has 0 bridgehead atoms. The Morgan fingerprint density at radius 1 is 1.14 bits per heavy atom. The van der Waals surface area contributed by atoms with E-state index in [1.807, 2.05) is 11.8 Å². The van der Waals surface area contributed by atoms with Gasteiger partial charge in [-0.05, 0) is 55.5 Å². The molecule has 0 aliphatic carbocycles. The first kappa shape index (κ1) is 14.7. The molecule has 1 aliphatic rings. The zero-order valence-electron chi connectivity index (χ0n) is 13.0. The van der Waals surface area contributed by atoms with Crippen LogP contribution in [0.5, 0.6) is 0 Å². The summed E-state index contributed by atoms with van der Waals surface area (Å²) in [7, 11) is 0. The van der Waals surface area contributed by atoms with Gasteiger partial charge in [-0.2, -0.15) is 0 Å². The first-order valence-corrected chi connectivity index (χ1v) is 8.59. The van der Waals surface area contributed by atoms with Crippen molar-refractivity contribution < 1.29 is 0 Å². The normalized spacial score (nSPS) is 18.6. The van der Waals surface area contributed by atoms with Gasteiger partial charge in [-0.25, -0.2) is 0 Å². The molecule has 0 saturated carbocycles. The van der Waals surface area contributed by atoms with E-state index >= 15 is 0 Å². The zero-order valence-corrected chi connectivity index (χ0v) is 13.8. The van der Waals surface area contributed by atoms with E-state index in [1.54, 1.807) is 0 Å². The summed E-state index contributed by atoms with van der Waals surface area (Å²) < 4.78 is 0. The average molecular weight is 297 g/mol. The summed E-state index contributed by atoms with van der Waals surface area (Å²) in [5.74, 6) is 1.59. The Bertz CT molecular complexity index is 639. The highest BCUT2D eigenvalue weighted by Gasteiger charge is 2.28. The second-order valence-corrected chi connectivity index (χ2v) is 7.26. The standard InChI is InChI=1S/C19H23NS/c1-12-8-13(2)16(14(3)9-12)10-18(20)17-11-21-19-7-5-4-6-15(17)19/h4-9,17-18H,10-11,20H2,1-3H3. The van der Waals surface area contributed by atoms with Crippen molar-refractivity contribution in [2.75, 3.05) is 5.75 Å². The average Bonchev–Trinajstić information content (AvgIpc) is 2.86. The second-order valence-electron chi connectivity index (χ2n) is 6.20. The Balaban J connectivity index is 1.84. The molecule has 1 nitrogen and oxygen atoms in total. The van der Waals surface area contributed by atoms with Crippen LogP contribution in [-0.2, 0) is 6.42 Å². The van der Waals surface area contributed by atoms with E-state index < -0.39 is 0 Å². The van der Waals surface area contributed by atoms with Crippen LogP contribution in [-0.4, -0.2) is 11.8 Å². The number of thioether (sulfide) groups is 1. The molecule has 0 radical (unpaired) electrons. The van der Waals surface area contributed by atoms with Crippen molar-refractivity contribution >= 4 is 11.8 Å². The van der Waals surface area contributed by atoms with E-state index in [0.717, 1.165) is 12.2 Å². The Hall–Kier alpha value is -1.25. The van der Waals surface area contributed by atoms with Crippen LogP contribution in [0.3, 0.4) is 0 Å². The van der Waals surface area contributed by atoms with Crippen LogP contribution >= 0.6 is 11.8 Å². The third-order valence-corrected chi connectivity index (χ3v) is 5.74. The fourth-order valence-electron chi connectivity index (χ4n) is 3.45. The molecule has 1 aliphatic heterocycles. The van der Waals surface area contributed by atoms with Gasteiger partial charge in [-0.1, -0.05) is 35.9 Å². The Morgan fingerprint density at radius 3 is 2.52 bits per heavy atom. The molecular formula is C19H23NS. The summed E-state index contributed by atoms with van der Waals surface area (Å²) in [6.07, 6.45) is 0.970. The maximum atomic E-state index is 6.59. The summed E-state index contributed by atoms with van der Waals surface area (Å²) >= 11 is 1.95. The predicted octanol–water partition coefficient (Wildman–Crippen LogP) is 4.37. The van der Waals surface area contributed by atoms with Crippen LogP contribution in [0.25, 0.3) is 0 Å². The van der Waals surface area contributed by atoms with Crippen molar-refractivity contribution in [2.45, 2.75) is 44.0 Å². The van der Waals surface area contributed by atoms with Gasteiger partial charge in [-0.15, -0.1) is 11.8 Å². The lowest BCUT2D eigenvalue weighted by Gasteiger charge is -2.22. The molecule has 2 N–H and O–H groups in total. The van der Waals surface area contributed by atoms with Gasteiger partial charge in [0.2, 0.25) is 0 Å². The SMILES string of the molecule is Cc1cc(C)c(CC(N)C2CSc3ccccc32)c(C)c1. The molecule has 2 heteroatoms. The van der Waals surface area contributed by atoms with Gasteiger partial charge in [0.05, 0.1) is 0 Å². The molecule has 2 unspecified atom stereocenters. The highest BCUT2D eigenvalue weighted by molar-refractivity contribution is 7.99. The number of benzene rings is 2. The Kier molecular flexibility index (Phi) is 4.10. The van der Waals surface area contributed by atoms with Gasteiger partial charge < -0.3 is 5.73 Å². The summed E-state index contributed by atoms with van der Waals surface area (Å²) in [5, 5.41) is 0. The van der Waals surface area contributed by atoms with E-state index in [4.69, 9.17) is 5.73 Å². The molecule has 21 heavy (non-hydrogen) atoms. The van der Waals surface area contributed by atoms with E-state index in [-0.39, 0.29) is 6.04 Å². The largest absolute Gasteiger partial charge is 0.327 e. The monoisotopic (exact) mass is 297 g/mol. The molecule has 0 amide bonds. The van der Waals surface area contributed by atoms with E-state index in [2.05, 4.69) is 57.2 Å². The minimum atomic E-state index is 0.196. The van der Waals surface area contributed by atoms with Gasteiger partial charge >= 0.3 is 0 Å². The fourth-order valence-corrected chi connectivity index (χ4v) is 4.80. The molecular weight excluding hydrogens is 274 g/mol. The van der Waals surface area contributed by atoms with Gasteiger partial charge in [0.1, 0.15) is 0 Å². The molecule has 2 atom stereocenters. The van der Waals surface area contributed by atoms with Crippen molar-refractivity contribution in [1.82, 2.24) is 0 Å². The first-order chi connectivity index (χ1) is 10.1. The van der Waals surface area contributed by atoms with E-state index in [1.165, 1.54) is 32.7 Å². The second kappa shape index (κ2) is 5.86. The minimum absolute atomic E-state index is 0.196. The smallest absolute Gasteiger partial charge is 0.0157 e. The molecule has 2 aromatic rings. The molecule has 0 spiro atoms. The van der Waals surface area contributed by atoms with Crippen LogP contribution in [0.1, 0.15) is 33.7 Å². The van der Waals surface area contributed by atoms with Crippen LogP contribution < -0.4 is 5.73 Å². The Morgan fingerprint density at radius 2 is 1.81 bits per heavy atom. The lowest BCUT2D eigenvalue weighted by atomic mass is 9.87. The third kappa shape index (κ3) is 2.88. The van der Waals surface area contributed by atoms with Gasteiger partial charge in [0, 0.05) is 22.6 Å². The summed E-state index contributed by atoms with van der Waals surface area (Å²) in [6, 6.07) is 13.4. The van der Waals surface area contributed by atoms with E-state index in [9.17, 15) is 0 Å². The van der Waals surface area contributed by atoms with Crippen LogP contribution in [0.2, 0.25) is 0 Å². The molecule has 1 heterocycles. The maximum Gasteiger partial charge on any atom is 0.0157 e. The van der Waals surface area contributed by atoms with Crippen LogP contribution in [0.4, 0.5) is 0 Å². The van der Waals surface area contributed by atoms with E-state index in [0.29, 0.717) is 5.92 Å². The molecule has 2 aromatic carbocycles. The summed E-state index contributed by atoms with van der Waals surface area (Å²) in [4.78, 5) is 1.41. The van der Waals surface area contributed by atoms with Gasteiger partial charge in [0.25, 0.3) is 0 Å². The number of fused-ring (bicyclic) bond motifs is 1. The van der Waals surface area contributed by atoms with Crippen LogP contribution in [0.15, 0.2) is 41.3 Å². The lowest BCUT2D eigenvalue weighted by Crippen LogP contribution is -2.31. The molecule has 0 saturated heterocycles. The number of hydrogen-bond acceptors (Lipinski definition) is 2. The van der Waals surface area contributed by atoms with Gasteiger partial charge in [-0.3, -0.25) is 0 Å². The third-order valence-electron chi connectivity index (χ3n) is 4.53. The van der Waals surface area contributed by atoms with Gasteiger partial charge in [0.15, 0.2) is 0 Å². The number of nitrogens with two attached hydrogens (primary N) is 1. The zero-order chi connectivity index (χ0) is 15.0. The topological polar surface area (TPSA) is 26.0 Å². The van der Waals surface area contributed by atoms with Crippen molar-refractivity contribution in [2.24, 2.45) is 5.73 Å². The highest BCUT2D eigenvalue weighted by Crippen LogP contribution is 2.41. The number of rotatable bonds is 3. The summed E-state index contributed by atoms with van der Waals surface area (Å²) in [6.45, 7) is 6.58. The molecule has 0 fully saturated rings. The molecule has 3 rings (SSSR count). The lowest BCUT2D eigenvalue weighted by molar-refractivity contribution is 0.569. The Labute approximate surface area is 132 Å². The number of aryl methyl sites for hydroxylation is 3.